The normalized spacial score (nSPS) is 14.4. The van der Waals surface area contributed by atoms with Crippen molar-refractivity contribution in [3.05, 3.63) is 45.6 Å². The van der Waals surface area contributed by atoms with Crippen molar-refractivity contribution in [3.63, 3.8) is 0 Å². The zero-order valence-corrected chi connectivity index (χ0v) is 25.3. The van der Waals surface area contributed by atoms with Gasteiger partial charge in [0.15, 0.2) is 0 Å². The molecule has 0 aliphatic carbocycles. The minimum atomic E-state index is -2.41. The van der Waals surface area contributed by atoms with Crippen molar-refractivity contribution in [1.29, 1.82) is 0 Å². The Morgan fingerprint density at radius 1 is 0.812 bits per heavy atom. The summed E-state index contributed by atoms with van der Waals surface area (Å²) < 4.78 is 7.62. The number of hydrogen-bond donors (Lipinski definition) is 2. The molecule has 0 amide bonds. The Morgan fingerprint density at radius 2 is 1.28 bits per heavy atom. The Morgan fingerprint density at radius 3 is 1.69 bits per heavy atom. The van der Waals surface area contributed by atoms with Gasteiger partial charge in [-0.05, 0) is 0 Å². The van der Waals surface area contributed by atoms with Crippen LogP contribution in [-0.2, 0) is 0 Å². The predicted molar refractivity (Wildman–Crippen MR) is 153 cm³/mol. The summed E-state index contributed by atoms with van der Waals surface area (Å²) in [4.78, 5) is 0. The van der Waals surface area contributed by atoms with Gasteiger partial charge in [0.25, 0.3) is 0 Å². The molecule has 2 N–H and O–H groups in total. The van der Waals surface area contributed by atoms with Crippen LogP contribution in [0.15, 0.2) is 45.6 Å². The monoisotopic (exact) mass is 556 g/mol. The minimum absolute atomic E-state index is 0.239. The van der Waals surface area contributed by atoms with Gasteiger partial charge >= 0.3 is 204 Å². The van der Waals surface area contributed by atoms with Crippen LogP contribution in [0.2, 0.25) is 33.0 Å². The van der Waals surface area contributed by atoms with Gasteiger partial charge in [0.1, 0.15) is 0 Å². The fourth-order valence-electron chi connectivity index (χ4n) is 5.32. The molecule has 2 aromatic carbocycles. The second-order valence-corrected chi connectivity index (χ2v) is 28.9. The van der Waals surface area contributed by atoms with Gasteiger partial charge in [-0.1, -0.05) is 0 Å². The molecule has 2 nitrogen and oxygen atoms in total. The maximum absolute atomic E-state index is 3.95. The van der Waals surface area contributed by atoms with E-state index in [0.717, 1.165) is 0 Å². The van der Waals surface area contributed by atoms with Crippen LogP contribution in [0.1, 0.15) is 59.3 Å². The molecule has 0 saturated heterocycles. The van der Waals surface area contributed by atoms with Crippen LogP contribution in [0.25, 0.3) is 10.8 Å². The number of rotatable bonds is 12. The van der Waals surface area contributed by atoms with E-state index in [1.165, 1.54) is 74.0 Å². The molecular weight excluding hydrogens is 510 g/mol. The molecule has 174 valence electrons. The Kier molecular flexibility index (Phi) is 9.25. The van der Waals surface area contributed by atoms with Crippen LogP contribution in [0.3, 0.4) is 0 Å². The van der Waals surface area contributed by atoms with Crippen molar-refractivity contribution in [2.24, 2.45) is 0 Å². The van der Waals surface area contributed by atoms with E-state index < -0.39 is 26.5 Å². The SMILES string of the molecule is CCC[CH2][Sn](/[CH]=C(\B1Nc2cccc3cccc(c23)N1)[Si](C)(C)C)([CH2]CCC)[CH2]CCC. The van der Waals surface area contributed by atoms with Gasteiger partial charge in [-0.3, -0.25) is 0 Å². The summed E-state index contributed by atoms with van der Waals surface area (Å²) in [6.45, 7) is 15.0. The average Bonchev–Trinajstić information content (AvgIpc) is 2.77. The molecule has 3 rings (SSSR count). The first-order valence-electron chi connectivity index (χ1n) is 13.1. The average molecular weight is 555 g/mol. The van der Waals surface area contributed by atoms with Crippen LogP contribution in [0.5, 0.6) is 0 Å². The van der Waals surface area contributed by atoms with E-state index in [9.17, 15) is 0 Å². The standard InChI is InChI=1S/C15H18BN2Si.3C4H9.Sn/c1-11(19(2,3)4)16-17-13-9-5-7-12-8-6-10-14(18-16)15(12)13;3*1-3-4-2;/h1,5-10,17-18H,2-4H3;3*1,3-4H2,2H3;. The molecule has 0 spiro atoms. The predicted octanol–water partition coefficient (Wildman–Crippen LogP) is 8.90. The van der Waals surface area contributed by atoms with Crippen molar-refractivity contribution in [2.45, 2.75) is 92.2 Å². The first-order chi connectivity index (χ1) is 15.3. The van der Waals surface area contributed by atoms with E-state index in [1.807, 2.05) is 0 Å². The summed E-state index contributed by atoms with van der Waals surface area (Å²) in [5.41, 5.74) is 2.59. The van der Waals surface area contributed by atoms with Crippen LogP contribution in [0, 0.1) is 0 Å². The number of unbranched alkanes of at least 4 members (excludes halogenated alkanes) is 3. The van der Waals surface area contributed by atoms with E-state index >= 15 is 0 Å². The van der Waals surface area contributed by atoms with Crippen LogP contribution >= 0.6 is 0 Å². The van der Waals surface area contributed by atoms with Crippen molar-refractivity contribution >= 4 is 55.6 Å². The van der Waals surface area contributed by atoms with E-state index in [1.54, 1.807) is 5.10 Å². The molecule has 0 aromatic heterocycles. The van der Waals surface area contributed by atoms with Gasteiger partial charge in [-0.2, -0.15) is 0 Å². The van der Waals surface area contributed by atoms with Crippen LogP contribution in [0.4, 0.5) is 11.4 Å². The van der Waals surface area contributed by atoms with Gasteiger partial charge < -0.3 is 0 Å². The molecule has 1 aliphatic heterocycles. The summed E-state index contributed by atoms with van der Waals surface area (Å²) in [6.07, 6.45) is 8.28. The zero-order valence-electron chi connectivity index (χ0n) is 21.5. The fraction of sp³-hybridized carbons (Fsp3) is 0.556. The Hall–Kier alpha value is -0.879. The van der Waals surface area contributed by atoms with Gasteiger partial charge in [-0.15, -0.1) is 0 Å². The molecule has 0 saturated carbocycles. The molecule has 32 heavy (non-hydrogen) atoms. The summed E-state index contributed by atoms with van der Waals surface area (Å²) in [7, 11) is -1.52. The second kappa shape index (κ2) is 11.5. The molecule has 0 radical (unpaired) electrons. The summed E-state index contributed by atoms with van der Waals surface area (Å²) in [5, 5.41) is 12.3. The van der Waals surface area contributed by atoms with Gasteiger partial charge in [0.2, 0.25) is 0 Å². The molecule has 2 aromatic rings. The summed E-state index contributed by atoms with van der Waals surface area (Å²) in [6, 6.07) is 13.4. The Balaban J connectivity index is 2.05. The third kappa shape index (κ3) is 6.16. The quantitative estimate of drug-likeness (QED) is 0.256. The molecule has 0 bridgehead atoms. The molecule has 1 aliphatic rings. The first-order valence-corrected chi connectivity index (χ1v) is 24.3. The van der Waals surface area contributed by atoms with E-state index in [0.29, 0.717) is 0 Å². The van der Waals surface area contributed by atoms with Crippen molar-refractivity contribution in [2.75, 3.05) is 10.5 Å². The molecular formula is C27H45BN2SiSn. The van der Waals surface area contributed by atoms with Crippen LogP contribution < -0.4 is 10.5 Å². The molecule has 5 heteroatoms. The number of nitrogens with one attached hydrogen (secondary N) is 2. The van der Waals surface area contributed by atoms with Crippen LogP contribution in [-0.4, -0.2) is 33.4 Å². The van der Waals surface area contributed by atoms with E-state index in [4.69, 9.17) is 0 Å². The molecule has 0 fully saturated rings. The summed E-state index contributed by atoms with van der Waals surface area (Å²) in [5.74, 6) is 0. The van der Waals surface area contributed by atoms with Crippen molar-refractivity contribution < 1.29 is 0 Å². The third-order valence-electron chi connectivity index (χ3n) is 7.23. The Bertz CT molecular complexity index is 859. The first kappa shape index (κ1) is 25.7. The topological polar surface area (TPSA) is 24.1 Å². The second-order valence-electron chi connectivity index (χ2n) is 11.0. The number of anilines is 2. The van der Waals surface area contributed by atoms with E-state index in [-0.39, 0.29) is 6.98 Å². The zero-order chi connectivity index (χ0) is 23.2. The fourth-order valence-corrected chi connectivity index (χ4v) is 27.3. The summed E-state index contributed by atoms with van der Waals surface area (Å²) >= 11 is -2.41. The van der Waals surface area contributed by atoms with Gasteiger partial charge in [0, 0.05) is 0 Å². The number of hydrogen-bond acceptors (Lipinski definition) is 2. The third-order valence-corrected chi connectivity index (χ3v) is 24.4. The molecule has 0 atom stereocenters. The molecule has 0 unspecified atom stereocenters. The van der Waals surface area contributed by atoms with Crippen molar-refractivity contribution in [3.8, 4) is 0 Å². The maximum atomic E-state index is 3.95. The number of benzene rings is 2. The molecule has 1 heterocycles. The van der Waals surface area contributed by atoms with Crippen molar-refractivity contribution in [1.82, 2.24) is 0 Å². The van der Waals surface area contributed by atoms with Gasteiger partial charge in [0.05, 0.1) is 0 Å². The van der Waals surface area contributed by atoms with E-state index in [2.05, 4.69) is 91.4 Å². The van der Waals surface area contributed by atoms with Gasteiger partial charge in [-0.25, -0.2) is 0 Å². The Labute approximate surface area is 203 Å².